The van der Waals surface area contributed by atoms with Crippen LogP contribution in [0.4, 0.5) is 15.9 Å². The number of alkyl halides is 1. The molecule has 1 fully saturated rings. The third-order valence-electron chi connectivity index (χ3n) is 5.88. The summed E-state index contributed by atoms with van der Waals surface area (Å²) < 4.78 is 27.0. The first-order chi connectivity index (χ1) is 14.6. The van der Waals surface area contributed by atoms with Gasteiger partial charge in [-0.15, -0.1) is 0 Å². The van der Waals surface area contributed by atoms with Crippen molar-refractivity contribution in [2.45, 2.75) is 30.6 Å². The fourth-order valence-corrected chi connectivity index (χ4v) is 5.50. The van der Waals surface area contributed by atoms with Crippen LogP contribution in [0, 0.1) is 6.92 Å². The van der Waals surface area contributed by atoms with E-state index in [0.29, 0.717) is 31.9 Å². The van der Waals surface area contributed by atoms with Gasteiger partial charge in [-0.25, -0.2) is 9.37 Å². The topological polar surface area (TPSA) is 57.3 Å². The predicted octanol–water partition coefficient (Wildman–Crippen LogP) is 3.39. The lowest BCUT2D eigenvalue weighted by molar-refractivity contribution is 0.343. The maximum Gasteiger partial charge on any atom is 0.134 e. The quantitative estimate of drug-likeness (QED) is 0.675. The summed E-state index contributed by atoms with van der Waals surface area (Å²) in [6, 6.07) is 15.8. The van der Waals surface area contributed by atoms with Crippen molar-refractivity contribution in [2.24, 2.45) is 0 Å². The molecule has 30 heavy (non-hydrogen) atoms. The number of aryl methyl sites for hydroxylation is 1. The molecule has 5 rings (SSSR count). The molecule has 1 aromatic heterocycles. The highest BCUT2D eigenvalue weighted by molar-refractivity contribution is 7.85. The normalized spacial score (nSPS) is 23.9. The van der Waals surface area contributed by atoms with Crippen molar-refractivity contribution < 1.29 is 8.60 Å². The van der Waals surface area contributed by atoms with Crippen molar-refractivity contribution in [3.8, 4) is 0 Å². The molecule has 3 atom stereocenters. The Kier molecular flexibility index (Phi) is 5.16. The largest absolute Gasteiger partial charge is 0.377 e. The van der Waals surface area contributed by atoms with E-state index < -0.39 is 17.0 Å². The maximum absolute atomic E-state index is 14.3. The second-order valence-electron chi connectivity index (χ2n) is 8.05. The highest BCUT2D eigenvalue weighted by Gasteiger charge is 2.27. The average Bonchev–Trinajstić information content (AvgIpc) is 3.07. The Labute approximate surface area is 178 Å². The molecule has 2 N–H and O–H groups in total. The van der Waals surface area contributed by atoms with Gasteiger partial charge in [-0.2, -0.15) is 0 Å². The van der Waals surface area contributed by atoms with E-state index in [2.05, 4.69) is 21.6 Å². The van der Waals surface area contributed by atoms with Crippen molar-refractivity contribution in [2.75, 3.05) is 35.6 Å². The highest BCUT2D eigenvalue weighted by atomic mass is 32.2. The van der Waals surface area contributed by atoms with Gasteiger partial charge < -0.3 is 15.5 Å². The molecule has 1 saturated heterocycles. The number of hydrogen-bond acceptors (Lipinski definition) is 5. The van der Waals surface area contributed by atoms with E-state index in [9.17, 15) is 8.60 Å². The Morgan fingerprint density at radius 3 is 2.90 bits per heavy atom. The minimum Gasteiger partial charge on any atom is -0.377 e. The van der Waals surface area contributed by atoms with Crippen molar-refractivity contribution >= 4 is 33.2 Å². The Balaban J connectivity index is 1.56. The lowest BCUT2D eigenvalue weighted by Crippen LogP contribution is -2.30. The minimum absolute atomic E-state index is 0.263. The van der Waals surface area contributed by atoms with E-state index in [1.54, 1.807) is 0 Å². The molecule has 0 saturated carbocycles. The van der Waals surface area contributed by atoms with E-state index in [4.69, 9.17) is 4.98 Å². The molecule has 3 heterocycles. The first-order valence-electron chi connectivity index (χ1n) is 10.3. The Bertz CT molecular complexity index is 1120. The molecule has 0 aliphatic carbocycles. The van der Waals surface area contributed by atoms with Gasteiger partial charge in [-0.05, 0) is 30.7 Å². The molecule has 3 aromatic rings. The van der Waals surface area contributed by atoms with Gasteiger partial charge in [0.2, 0.25) is 0 Å². The van der Waals surface area contributed by atoms with Gasteiger partial charge in [-0.1, -0.05) is 29.8 Å². The Morgan fingerprint density at radius 2 is 2.07 bits per heavy atom. The maximum atomic E-state index is 14.3. The first kappa shape index (κ1) is 19.5. The van der Waals surface area contributed by atoms with Crippen LogP contribution in [0.15, 0.2) is 53.4 Å². The van der Waals surface area contributed by atoms with Crippen LogP contribution in [-0.4, -0.2) is 46.8 Å². The van der Waals surface area contributed by atoms with Gasteiger partial charge in [0.05, 0.1) is 22.4 Å². The molecular formula is C23H25FN4OS. The summed E-state index contributed by atoms with van der Waals surface area (Å²) in [6.07, 6.45) is -0.922. The monoisotopic (exact) mass is 424 g/mol. The van der Waals surface area contributed by atoms with E-state index in [0.717, 1.165) is 38.4 Å². The Morgan fingerprint density at radius 1 is 1.20 bits per heavy atom. The van der Waals surface area contributed by atoms with Crippen molar-refractivity contribution in [1.82, 2.24) is 10.3 Å². The lowest BCUT2D eigenvalue weighted by Gasteiger charge is -2.24. The third-order valence-corrected chi connectivity index (χ3v) is 7.32. The molecule has 0 radical (unpaired) electrons. The van der Waals surface area contributed by atoms with Gasteiger partial charge in [0.25, 0.3) is 0 Å². The number of benzene rings is 2. The molecule has 5 nitrogen and oxygen atoms in total. The molecule has 7 heteroatoms. The summed E-state index contributed by atoms with van der Waals surface area (Å²) in [5.41, 5.74) is 3.98. The van der Waals surface area contributed by atoms with Crippen LogP contribution >= 0.6 is 0 Å². The third kappa shape index (κ3) is 3.68. The smallest absolute Gasteiger partial charge is 0.134 e. The second kappa shape index (κ2) is 7.96. The van der Waals surface area contributed by atoms with E-state index in [1.165, 1.54) is 0 Å². The zero-order valence-corrected chi connectivity index (χ0v) is 17.7. The zero-order chi connectivity index (χ0) is 20.7. The predicted molar refractivity (Wildman–Crippen MR) is 120 cm³/mol. The number of fused-ring (bicyclic) bond motifs is 2. The second-order valence-corrected chi connectivity index (χ2v) is 9.59. The minimum atomic E-state index is -1.01. The molecule has 0 bridgehead atoms. The first-order valence-corrected chi connectivity index (χ1v) is 11.6. The summed E-state index contributed by atoms with van der Waals surface area (Å²) >= 11 is 0. The molecule has 1 unspecified atom stereocenters. The van der Waals surface area contributed by atoms with Crippen LogP contribution in [0.5, 0.6) is 0 Å². The Hall–Kier alpha value is -2.51. The van der Waals surface area contributed by atoms with Crippen LogP contribution in [0.2, 0.25) is 0 Å². The van der Waals surface area contributed by atoms with E-state index in [-0.39, 0.29) is 6.04 Å². The number of aromatic nitrogens is 1. The summed E-state index contributed by atoms with van der Waals surface area (Å²) in [7, 11) is -1.01. The molecule has 2 aromatic carbocycles. The van der Waals surface area contributed by atoms with Crippen molar-refractivity contribution in [3.05, 3.63) is 59.7 Å². The summed E-state index contributed by atoms with van der Waals surface area (Å²) in [4.78, 5) is 8.00. The van der Waals surface area contributed by atoms with Crippen molar-refractivity contribution in [3.63, 3.8) is 0 Å². The number of hydrogen-bond donors (Lipinski definition) is 2. The number of anilines is 2. The van der Waals surface area contributed by atoms with Crippen LogP contribution in [0.3, 0.4) is 0 Å². The van der Waals surface area contributed by atoms with Crippen LogP contribution in [-0.2, 0) is 17.3 Å². The van der Waals surface area contributed by atoms with Gasteiger partial charge >= 0.3 is 0 Å². The van der Waals surface area contributed by atoms with Gasteiger partial charge in [0.1, 0.15) is 12.0 Å². The molecule has 2 aliphatic heterocycles. The summed E-state index contributed by atoms with van der Waals surface area (Å²) in [5, 5.41) is 7.52. The molecular weight excluding hydrogens is 399 g/mol. The standard InChI is InChI=1S/C23H25FN4OS/c1-15-6-7-19-17(10-15)20(26-21-13-25-12-18(21)24)11-23(27-19)28-8-9-30(29)22-5-3-2-4-16(22)14-28/h2-7,10-11,18,21,25H,8-9,12-14H2,1H3,(H,26,27)/t18-,21-,30?/m0/s1. The highest BCUT2D eigenvalue weighted by Crippen LogP contribution is 2.31. The zero-order valence-electron chi connectivity index (χ0n) is 16.9. The average molecular weight is 425 g/mol. The van der Waals surface area contributed by atoms with Crippen LogP contribution < -0.4 is 15.5 Å². The van der Waals surface area contributed by atoms with Crippen LogP contribution in [0.25, 0.3) is 10.9 Å². The van der Waals surface area contributed by atoms with Crippen molar-refractivity contribution in [1.29, 1.82) is 0 Å². The fraction of sp³-hybridized carbons (Fsp3) is 0.348. The molecule has 2 aliphatic rings. The fourth-order valence-electron chi connectivity index (χ4n) is 4.23. The number of nitrogens with zero attached hydrogens (tertiary/aromatic N) is 2. The number of halogens is 1. The molecule has 156 valence electrons. The number of pyridine rings is 1. The molecule has 0 spiro atoms. The lowest BCUT2D eigenvalue weighted by atomic mass is 10.1. The number of rotatable bonds is 3. The SMILES string of the molecule is Cc1ccc2nc(N3CCS(=O)c4ccccc4C3)cc(N[C@H]3CNC[C@@H]3F)c2c1. The summed E-state index contributed by atoms with van der Waals surface area (Å²) in [5.74, 6) is 1.39. The van der Waals surface area contributed by atoms with Gasteiger partial charge in [0, 0.05) is 54.0 Å². The van der Waals surface area contributed by atoms with E-state index in [1.807, 2.05) is 49.4 Å². The van der Waals surface area contributed by atoms with Crippen LogP contribution in [0.1, 0.15) is 11.1 Å². The van der Waals surface area contributed by atoms with E-state index >= 15 is 0 Å². The van der Waals surface area contributed by atoms with Gasteiger partial charge in [-0.3, -0.25) is 4.21 Å². The molecule has 0 amide bonds. The summed E-state index contributed by atoms with van der Waals surface area (Å²) in [6.45, 7) is 4.33. The van der Waals surface area contributed by atoms with Gasteiger partial charge in [0.15, 0.2) is 0 Å². The number of nitrogens with one attached hydrogen (secondary N) is 2.